The van der Waals surface area contributed by atoms with Gasteiger partial charge in [-0.2, -0.15) is 0 Å². The molecule has 0 atom stereocenters. The van der Waals surface area contributed by atoms with E-state index in [0.717, 1.165) is 55.5 Å². The Labute approximate surface area is 394 Å². The zero-order chi connectivity index (χ0) is 45.3. The highest BCUT2D eigenvalue weighted by molar-refractivity contribution is 9.10. The van der Waals surface area contributed by atoms with E-state index in [1.807, 2.05) is 121 Å². The van der Waals surface area contributed by atoms with Gasteiger partial charge in [0.15, 0.2) is 0 Å². The third-order valence-electron chi connectivity index (χ3n) is 10.3. The summed E-state index contributed by atoms with van der Waals surface area (Å²) in [6.07, 6.45) is 4.69. The van der Waals surface area contributed by atoms with Crippen molar-refractivity contribution < 1.29 is 0 Å². The molecule has 0 aliphatic carbocycles. The van der Waals surface area contributed by atoms with E-state index in [1.54, 1.807) is 12.1 Å². The highest BCUT2D eigenvalue weighted by Gasteiger charge is 2.07. The van der Waals surface area contributed by atoms with Crippen LogP contribution in [0.25, 0.3) is 55.8 Å². The van der Waals surface area contributed by atoms with Crippen molar-refractivity contribution >= 4 is 112 Å². The first kappa shape index (κ1) is 46.7. The van der Waals surface area contributed by atoms with Crippen LogP contribution >= 0.6 is 39.1 Å². The number of benzene rings is 8. The fourth-order valence-electron chi connectivity index (χ4n) is 6.97. The van der Waals surface area contributed by atoms with Crippen molar-refractivity contribution in [2.24, 2.45) is 0 Å². The number of halogens is 3. The molecule has 0 fully saturated rings. The van der Waals surface area contributed by atoms with E-state index < -0.39 is 0 Å². The summed E-state index contributed by atoms with van der Waals surface area (Å²) in [5, 5.41) is 9.67. The quantitative estimate of drug-likeness (QED) is 0.133. The SMILES string of the molecule is C=Cc1ccccc1Br.C=Cc1ccccc1Nc1ccccc1Cl.CCc1c2ccccc2nc2ccccc12.Cc1c2ccccc2nc2ccccc12.Nc1ccccc1Cl. The van der Waals surface area contributed by atoms with E-state index in [0.29, 0.717) is 15.7 Å². The van der Waals surface area contributed by atoms with Crippen molar-refractivity contribution in [1.82, 2.24) is 9.97 Å². The predicted octanol–water partition coefficient (Wildman–Crippen LogP) is 17.4. The molecule has 0 radical (unpaired) electrons. The van der Waals surface area contributed by atoms with Crippen LogP contribution in [0.4, 0.5) is 17.1 Å². The smallest absolute Gasteiger partial charge is 0.0712 e. The normalized spacial score (nSPS) is 10.2. The van der Waals surface area contributed by atoms with Gasteiger partial charge in [0.25, 0.3) is 0 Å². The second-order valence-electron chi connectivity index (χ2n) is 14.4. The standard InChI is InChI=1S/C15H13N.C14H12ClN.C14H11N.C8H7Br.C6H6ClN/c1-2-11-12-7-3-5-9-14(12)16-15-10-6-4-8-13(11)15;1-2-11-7-3-5-9-13(11)16-14-10-6-4-8-12(14)15;1-10-11-6-2-4-8-13(11)15-14-9-5-3-7-12(10)14;1-2-7-5-3-4-6-8(7)9;7-5-3-1-2-4-6(5)8/h3-10H,2H2,1H3;2-10,16H,1H2;2-9H,1H3;2-6H,1H2;1-4H,8H2. The monoisotopic (exact) mass is 938 g/mol. The summed E-state index contributed by atoms with van der Waals surface area (Å²) in [5.41, 5.74) is 17.2. The largest absolute Gasteiger partial charge is 0.398 e. The number of aryl methyl sites for hydroxylation is 2. The molecule has 4 nitrogen and oxygen atoms in total. The summed E-state index contributed by atoms with van der Waals surface area (Å²) < 4.78 is 1.10. The predicted molar refractivity (Wildman–Crippen MR) is 284 cm³/mol. The molecule has 0 aliphatic heterocycles. The molecule has 0 amide bonds. The van der Waals surface area contributed by atoms with Crippen LogP contribution in [0.2, 0.25) is 10.0 Å². The molecule has 10 aromatic rings. The molecule has 0 saturated heterocycles. The number of nitrogens with zero attached hydrogens (tertiary/aromatic N) is 2. The first-order valence-electron chi connectivity index (χ1n) is 20.8. The number of hydrogen-bond donors (Lipinski definition) is 2. The lowest BCUT2D eigenvalue weighted by Crippen LogP contribution is -1.93. The molecule has 0 bridgehead atoms. The molecular formula is C57H49BrCl2N4. The molecule has 0 aliphatic rings. The Morgan fingerprint density at radius 1 is 0.500 bits per heavy atom. The summed E-state index contributed by atoms with van der Waals surface area (Å²) in [4.78, 5) is 9.32. The minimum atomic E-state index is 0.618. The van der Waals surface area contributed by atoms with Gasteiger partial charge >= 0.3 is 0 Å². The summed E-state index contributed by atoms with van der Waals surface area (Å²) in [7, 11) is 0. The molecule has 10 rings (SSSR count). The van der Waals surface area contributed by atoms with Crippen LogP contribution in [0.5, 0.6) is 0 Å². The van der Waals surface area contributed by atoms with E-state index in [-0.39, 0.29) is 0 Å². The van der Waals surface area contributed by atoms with Gasteiger partial charge < -0.3 is 11.1 Å². The number of anilines is 3. The van der Waals surface area contributed by atoms with Crippen LogP contribution in [0.1, 0.15) is 29.2 Å². The maximum Gasteiger partial charge on any atom is 0.0712 e. The lowest BCUT2D eigenvalue weighted by Gasteiger charge is -2.10. The molecule has 2 heterocycles. The number of para-hydroxylation sites is 7. The van der Waals surface area contributed by atoms with Crippen LogP contribution in [0, 0.1) is 6.92 Å². The minimum Gasteiger partial charge on any atom is -0.398 e. The van der Waals surface area contributed by atoms with Gasteiger partial charge in [-0.1, -0.05) is 205 Å². The highest BCUT2D eigenvalue weighted by Crippen LogP contribution is 2.29. The van der Waals surface area contributed by atoms with Crippen molar-refractivity contribution in [2.45, 2.75) is 20.3 Å². The Morgan fingerprint density at radius 3 is 1.33 bits per heavy atom. The van der Waals surface area contributed by atoms with Gasteiger partial charge in [0.1, 0.15) is 0 Å². The Balaban J connectivity index is 0.000000136. The van der Waals surface area contributed by atoms with Gasteiger partial charge in [0, 0.05) is 31.7 Å². The maximum atomic E-state index is 6.08. The van der Waals surface area contributed by atoms with Gasteiger partial charge in [-0.25, -0.2) is 9.97 Å². The number of pyridine rings is 2. The fourth-order valence-corrected chi connectivity index (χ4v) is 7.74. The first-order valence-corrected chi connectivity index (χ1v) is 22.4. The summed E-state index contributed by atoms with van der Waals surface area (Å²) >= 11 is 15.1. The first-order chi connectivity index (χ1) is 31.2. The number of hydrogen-bond acceptors (Lipinski definition) is 4. The van der Waals surface area contributed by atoms with Gasteiger partial charge in [0.05, 0.1) is 43.5 Å². The van der Waals surface area contributed by atoms with E-state index in [9.17, 15) is 0 Å². The van der Waals surface area contributed by atoms with E-state index in [1.165, 1.54) is 32.7 Å². The lowest BCUT2D eigenvalue weighted by atomic mass is 10.0. The third-order valence-corrected chi connectivity index (χ3v) is 11.7. The number of aromatic nitrogens is 2. The van der Waals surface area contributed by atoms with Crippen molar-refractivity contribution in [3.05, 3.63) is 244 Å². The molecule has 7 heteroatoms. The van der Waals surface area contributed by atoms with Crippen LogP contribution < -0.4 is 11.1 Å². The maximum absolute atomic E-state index is 6.08. The molecule has 64 heavy (non-hydrogen) atoms. The highest BCUT2D eigenvalue weighted by atomic mass is 79.9. The Bertz CT molecular complexity index is 3020. The van der Waals surface area contributed by atoms with Crippen LogP contribution in [0.3, 0.4) is 0 Å². The van der Waals surface area contributed by atoms with Crippen LogP contribution in [0.15, 0.2) is 212 Å². The Hall–Kier alpha value is -6.76. The van der Waals surface area contributed by atoms with E-state index >= 15 is 0 Å². The topological polar surface area (TPSA) is 63.8 Å². The zero-order valence-electron chi connectivity index (χ0n) is 35.9. The van der Waals surface area contributed by atoms with Crippen molar-refractivity contribution in [3.8, 4) is 0 Å². The molecule has 8 aromatic carbocycles. The van der Waals surface area contributed by atoms with Crippen molar-refractivity contribution in [2.75, 3.05) is 11.1 Å². The molecule has 0 unspecified atom stereocenters. The summed E-state index contributed by atoms with van der Waals surface area (Å²) in [6.45, 7) is 11.8. The number of nitrogen functional groups attached to an aromatic ring is 1. The second-order valence-corrected chi connectivity index (χ2v) is 16.1. The zero-order valence-corrected chi connectivity index (χ0v) is 39.0. The van der Waals surface area contributed by atoms with Crippen LogP contribution in [-0.4, -0.2) is 9.97 Å². The Morgan fingerprint density at radius 2 is 0.891 bits per heavy atom. The van der Waals surface area contributed by atoms with Gasteiger partial charge in [-0.05, 0) is 96.3 Å². The fraction of sp³-hybridized carbons (Fsp3) is 0.0526. The van der Waals surface area contributed by atoms with Gasteiger partial charge in [-0.15, -0.1) is 0 Å². The number of nitrogens with two attached hydrogens (primary N) is 1. The number of fused-ring (bicyclic) bond motifs is 4. The number of rotatable bonds is 5. The average Bonchev–Trinajstić information content (AvgIpc) is 3.34. The molecule has 0 spiro atoms. The van der Waals surface area contributed by atoms with E-state index in [2.05, 4.69) is 131 Å². The molecular weight excluding hydrogens is 891 g/mol. The van der Waals surface area contributed by atoms with Crippen molar-refractivity contribution in [3.63, 3.8) is 0 Å². The average molecular weight is 941 g/mol. The summed E-state index contributed by atoms with van der Waals surface area (Å²) in [6, 6.07) is 64.1. The third kappa shape index (κ3) is 12.2. The van der Waals surface area contributed by atoms with Crippen LogP contribution in [-0.2, 0) is 6.42 Å². The van der Waals surface area contributed by atoms with Gasteiger partial charge in [0.2, 0.25) is 0 Å². The minimum absolute atomic E-state index is 0.618. The van der Waals surface area contributed by atoms with Crippen molar-refractivity contribution in [1.29, 1.82) is 0 Å². The molecule has 318 valence electrons. The lowest BCUT2D eigenvalue weighted by molar-refractivity contribution is 1.17. The summed E-state index contributed by atoms with van der Waals surface area (Å²) in [5.74, 6) is 0. The molecule has 0 saturated carbocycles. The Kier molecular flexibility index (Phi) is 17.2. The second kappa shape index (κ2) is 23.6. The van der Waals surface area contributed by atoms with Gasteiger partial charge in [-0.3, -0.25) is 0 Å². The number of nitrogens with one attached hydrogen (secondary N) is 1. The molecule has 3 N–H and O–H groups in total. The van der Waals surface area contributed by atoms with E-state index in [4.69, 9.17) is 28.9 Å². The molecule has 2 aromatic heterocycles.